The fourth-order valence-electron chi connectivity index (χ4n) is 11.6. The lowest BCUT2D eigenvalue weighted by Crippen LogP contribution is -2.44. The summed E-state index contributed by atoms with van der Waals surface area (Å²) in [6.07, 6.45) is 0. The molecule has 0 fully saturated rings. The third-order valence-electron chi connectivity index (χ3n) is 21.7. The molecule has 26 rings (SSSR count). The van der Waals surface area contributed by atoms with Gasteiger partial charge in [-0.05, 0) is 190 Å². The third-order valence-corrected chi connectivity index (χ3v) is 39.1. The fourth-order valence-corrected chi connectivity index (χ4v) is 15.7. The summed E-state index contributed by atoms with van der Waals surface area (Å²) in [4.78, 5) is 0. The molecule has 18 heterocycles. The van der Waals surface area contributed by atoms with E-state index in [4.69, 9.17) is 35.4 Å². The van der Waals surface area contributed by atoms with Crippen molar-refractivity contribution in [3.63, 3.8) is 0 Å². The van der Waals surface area contributed by atoms with Crippen LogP contribution in [0.25, 0.3) is 134 Å². The highest BCUT2D eigenvalue weighted by atomic mass is 28.4. The van der Waals surface area contributed by atoms with Gasteiger partial charge in [-0.1, -0.05) is 204 Å². The van der Waals surface area contributed by atoms with Crippen LogP contribution in [0, 0.1) is 0 Å². The summed E-state index contributed by atoms with van der Waals surface area (Å²) in [5.41, 5.74) is 12.2. The number of hydrogen-bond acceptors (Lipinski definition) is 8. The van der Waals surface area contributed by atoms with E-state index in [-0.39, 0.29) is 20.2 Å². The van der Waals surface area contributed by atoms with Gasteiger partial charge in [0.15, 0.2) is 23.0 Å². The van der Waals surface area contributed by atoms with Crippen molar-refractivity contribution in [3.05, 3.63) is 194 Å². The third kappa shape index (κ3) is 12.2. The first kappa shape index (κ1) is 66.1. The zero-order chi connectivity index (χ0) is 68.5. The van der Waals surface area contributed by atoms with E-state index in [1.165, 1.54) is 0 Å². The summed E-state index contributed by atoms with van der Waals surface area (Å²) in [7, 11) is -9.52. The molecule has 12 heteroatoms. The van der Waals surface area contributed by atoms with Gasteiger partial charge in [0.2, 0.25) is 0 Å². The molecule has 0 saturated carbocycles. The van der Waals surface area contributed by atoms with Crippen molar-refractivity contribution >= 4 is 54.8 Å². The zero-order valence-corrected chi connectivity index (χ0v) is 63.7. The second-order valence-corrected chi connectivity index (χ2v) is 51.3. The van der Waals surface area contributed by atoms with E-state index in [1.54, 1.807) is 0 Å². The SMILES string of the molecule is CC(C)(C)[Si](C)(C)Oc1ccc(O[Si](C)(C)C(C)(C)C)c2c3ccc(c12)-c1ccc(cc1)-c1ccc(o1)-c1ccc(o1)-c1ccc(cc1)-c1ccc(c2c(O[Si](C)(C)C(C)(C)C)ccc(O[Si](C)(C)C(C)(C)C)c12)-c1ccc(cc1)-c1ccc(o1)-c1ccc(o1)-c1ccc-3cc1. The van der Waals surface area contributed by atoms with Crippen LogP contribution in [0.2, 0.25) is 72.5 Å². The molecule has 0 atom stereocenters. The Bertz CT molecular complexity index is 4270. The minimum absolute atomic E-state index is 0.0543. The lowest BCUT2D eigenvalue weighted by molar-refractivity contribution is 0.488. The lowest BCUT2D eigenvalue weighted by Gasteiger charge is -2.38. The predicted molar refractivity (Wildman–Crippen MR) is 410 cm³/mol. The first-order valence-electron chi connectivity index (χ1n) is 33.8. The van der Waals surface area contributed by atoms with E-state index in [2.05, 4.69) is 281 Å². The highest BCUT2D eigenvalue weighted by Gasteiger charge is 2.44. The Morgan fingerprint density at radius 1 is 0.198 bits per heavy atom. The molecule has 492 valence electrons. The van der Waals surface area contributed by atoms with Crippen LogP contribution in [0.1, 0.15) is 83.1 Å². The second-order valence-electron chi connectivity index (χ2n) is 32.4. The molecule has 0 N–H and O–H groups in total. The maximum absolute atomic E-state index is 7.43. The molecule has 14 aliphatic rings. The van der Waals surface area contributed by atoms with E-state index in [0.717, 1.165) is 134 Å². The van der Waals surface area contributed by atoms with E-state index >= 15 is 0 Å². The summed E-state index contributed by atoms with van der Waals surface area (Å²) < 4.78 is 56.4. The normalized spacial score (nSPS) is 13.2. The molecular formula is C84H92O8Si4. The van der Waals surface area contributed by atoms with Gasteiger partial charge >= 0.3 is 0 Å². The van der Waals surface area contributed by atoms with Gasteiger partial charge in [0.05, 0.1) is 0 Å². The molecule has 8 aromatic carbocycles. The standard InChI is InChI=1S/C84H92O8Si4/c1-81(2,3)93(13,14)89-73-49-50-74(90-94(15,16)82(4,5)6)78-62-38-37-61(77(73)78)53-21-29-57(30-22-53)65-41-45-69(85-65)70-47-43-67(87-70)59-33-25-55(26-34-59)63-39-40-64(80-76(92-96(19,20)84(10,11)12)52-51-75(79(63)80)91-95(17,18)83(7,8)9)56-27-35-60(36-28-56)68-44-48-72(88-68)71-46-42-66(86-71)58-31-23-54(62)24-32-58/h21-52H,1-20H3. The van der Waals surface area contributed by atoms with Crippen LogP contribution >= 0.6 is 0 Å². The number of benzene rings is 8. The van der Waals surface area contributed by atoms with Gasteiger partial charge in [-0.3, -0.25) is 0 Å². The molecule has 4 aromatic heterocycles. The van der Waals surface area contributed by atoms with Gasteiger partial charge in [-0.2, -0.15) is 0 Å². The maximum Gasteiger partial charge on any atom is 0.250 e. The number of fused-ring (bicyclic) bond motifs is 1. The zero-order valence-electron chi connectivity index (χ0n) is 59.7. The van der Waals surface area contributed by atoms with Crippen LogP contribution in [0.15, 0.2) is 212 Å². The summed E-state index contributed by atoms with van der Waals surface area (Å²) >= 11 is 0. The van der Waals surface area contributed by atoms with Crippen LogP contribution < -0.4 is 17.7 Å². The summed E-state index contributed by atoms with van der Waals surface area (Å²) in [5, 5.41) is 3.88. The fraction of sp³-hybridized carbons (Fsp3) is 0.286. The highest BCUT2D eigenvalue weighted by Crippen LogP contribution is 2.53. The van der Waals surface area contributed by atoms with Gasteiger partial charge in [0.25, 0.3) is 33.3 Å². The Hall–Kier alpha value is -8.53. The summed E-state index contributed by atoms with van der Waals surface area (Å²) in [6, 6.07) is 68.4. The largest absolute Gasteiger partial charge is 0.543 e. The summed E-state index contributed by atoms with van der Waals surface area (Å²) in [6.45, 7) is 46.1. The van der Waals surface area contributed by atoms with Crippen molar-refractivity contribution in [2.45, 2.75) is 156 Å². The molecule has 14 aliphatic heterocycles. The summed E-state index contributed by atoms with van der Waals surface area (Å²) in [5.74, 6) is 8.95. The Kier molecular flexibility index (Phi) is 16.3. The minimum Gasteiger partial charge on any atom is -0.543 e. The average Bonchev–Trinajstić information content (AvgIpc) is 1.14. The first-order chi connectivity index (χ1) is 45.0. The minimum atomic E-state index is -2.38. The van der Waals surface area contributed by atoms with E-state index < -0.39 is 33.3 Å². The maximum atomic E-state index is 7.43. The van der Waals surface area contributed by atoms with Crippen molar-refractivity contribution in [3.8, 4) is 136 Å². The van der Waals surface area contributed by atoms with Crippen molar-refractivity contribution in [2.75, 3.05) is 0 Å². The van der Waals surface area contributed by atoms with Crippen molar-refractivity contribution in [1.29, 1.82) is 0 Å². The topological polar surface area (TPSA) is 89.5 Å². The molecule has 0 amide bonds. The molecule has 96 heavy (non-hydrogen) atoms. The van der Waals surface area contributed by atoms with Crippen LogP contribution in [-0.2, 0) is 0 Å². The van der Waals surface area contributed by atoms with Gasteiger partial charge < -0.3 is 35.4 Å². The van der Waals surface area contributed by atoms with Crippen LogP contribution in [-0.4, -0.2) is 33.3 Å². The van der Waals surface area contributed by atoms with Gasteiger partial charge in [-0.25, -0.2) is 0 Å². The number of rotatable bonds is 8. The Morgan fingerprint density at radius 3 is 0.521 bits per heavy atom. The molecular weight excluding hydrogens is 1250 g/mol. The number of furan rings is 4. The van der Waals surface area contributed by atoms with Gasteiger partial charge in [-0.15, -0.1) is 0 Å². The smallest absolute Gasteiger partial charge is 0.250 e. The second kappa shape index (κ2) is 23.6. The Labute approximate surface area is 572 Å². The molecule has 0 spiro atoms. The lowest BCUT2D eigenvalue weighted by atomic mass is 9.90. The molecule has 20 bridgehead atoms. The number of hydrogen-bond donors (Lipinski definition) is 0. The van der Waals surface area contributed by atoms with Crippen molar-refractivity contribution in [2.24, 2.45) is 0 Å². The molecule has 0 unspecified atom stereocenters. The highest BCUT2D eigenvalue weighted by molar-refractivity contribution is 6.76. The Balaban J connectivity index is 0.974. The molecule has 0 saturated heterocycles. The first-order valence-corrected chi connectivity index (χ1v) is 45.5. The Morgan fingerprint density at radius 2 is 0.354 bits per heavy atom. The predicted octanol–water partition coefficient (Wildman–Crippen LogP) is 26.9. The van der Waals surface area contributed by atoms with Crippen molar-refractivity contribution in [1.82, 2.24) is 0 Å². The van der Waals surface area contributed by atoms with Crippen molar-refractivity contribution < 1.29 is 35.4 Å². The quantitative estimate of drug-likeness (QED) is 0.139. The van der Waals surface area contributed by atoms with Crippen LogP contribution in [0.3, 0.4) is 0 Å². The van der Waals surface area contributed by atoms with Crippen LogP contribution in [0.4, 0.5) is 0 Å². The van der Waals surface area contributed by atoms with E-state index in [1.807, 2.05) is 48.5 Å². The monoisotopic (exact) mass is 1340 g/mol. The molecule has 12 aromatic rings. The van der Waals surface area contributed by atoms with E-state index in [9.17, 15) is 0 Å². The van der Waals surface area contributed by atoms with Gasteiger partial charge in [0, 0.05) is 43.8 Å². The molecule has 0 aliphatic carbocycles. The van der Waals surface area contributed by atoms with Crippen LogP contribution in [0.5, 0.6) is 23.0 Å². The average molecular weight is 1340 g/mol. The van der Waals surface area contributed by atoms with Gasteiger partial charge in [0.1, 0.15) is 46.0 Å². The molecule has 8 nitrogen and oxygen atoms in total. The van der Waals surface area contributed by atoms with E-state index in [0.29, 0.717) is 23.0 Å². The molecule has 0 radical (unpaired) electrons.